The lowest BCUT2D eigenvalue weighted by molar-refractivity contribution is -0.137. The van der Waals surface area contributed by atoms with E-state index < -0.39 is 17.6 Å². The molecule has 2 aliphatic heterocycles. The van der Waals surface area contributed by atoms with Gasteiger partial charge in [0.05, 0.1) is 11.8 Å². The lowest BCUT2D eigenvalue weighted by Crippen LogP contribution is -2.37. The van der Waals surface area contributed by atoms with Gasteiger partial charge in [0.1, 0.15) is 23.0 Å². The summed E-state index contributed by atoms with van der Waals surface area (Å²) in [6, 6.07) is 6.40. The van der Waals surface area contributed by atoms with E-state index in [9.17, 15) is 18.0 Å². The number of pyridine rings is 1. The molecule has 1 amide bonds. The van der Waals surface area contributed by atoms with Gasteiger partial charge in [0.2, 0.25) is 5.96 Å². The van der Waals surface area contributed by atoms with E-state index in [0.29, 0.717) is 23.1 Å². The van der Waals surface area contributed by atoms with Crippen LogP contribution in [0.1, 0.15) is 40.7 Å². The molecule has 1 saturated heterocycles. The lowest BCUT2D eigenvalue weighted by atomic mass is 10.1. The molecule has 0 saturated carbocycles. The van der Waals surface area contributed by atoms with Crippen LogP contribution in [0.3, 0.4) is 0 Å². The van der Waals surface area contributed by atoms with Gasteiger partial charge >= 0.3 is 6.18 Å². The summed E-state index contributed by atoms with van der Waals surface area (Å²) in [7, 11) is 0. The zero-order valence-electron chi connectivity index (χ0n) is 20.7. The number of benzene rings is 1. The van der Waals surface area contributed by atoms with Crippen LogP contribution in [0.4, 0.5) is 24.7 Å². The number of guanidine groups is 1. The summed E-state index contributed by atoms with van der Waals surface area (Å²) >= 11 is 0. The number of carbonyl (C=O) groups excluding carboxylic acids is 1. The Morgan fingerprint density at radius 3 is 2.63 bits per heavy atom. The number of amides is 1. The molecule has 1 aromatic heterocycles. The molecule has 1 aromatic carbocycles. The summed E-state index contributed by atoms with van der Waals surface area (Å²) in [6.45, 7) is 7.15. The summed E-state index contributed by atoms with van der Waals surface area (Å²) in [6.07, 6.45) is 2.66. The van der Waals surface area contributed by atoms with E-state index in [4.69, 9.17) is 5.73 Å². The van der Waals surface area contributed by atoms with Gasteiger partial charge < -0.3 is 21.3 Å². The van der Waals surface area contributed by atoms with Crippen molar-refractivity contribution in [2.45, 2.75) is 32.4 Å². The minimum absolute atomic E-state index is 0.187. The molecule has 0 atom stereocenters. The van der Waals surface area contributed by atoms with Crippen LogP contribution in [-0.4, -0.2) is 46.8 Å². The minimum Gasteiger partial charge on any atom is -0.383 e. The maximum absolute atomic E-state index is 13.0. The van der Waals surface area contributed by atoms with E-state index in [1.165, 1.54) is 6.20 Å². The van der Waals surface area contributed by atoms with E-state index in [0.717, 1.165) is 56.2 Å². The van der Waals surface area contributed by atoms with Crippen LogP contribution in [0.15, 0.2) is 75.8 Å². The molecule has 0 radical (unpaired) electrons. The second kappa shape index (κ2) is 11.3. The second-order valence-electron chi connectivity index (χ2n) is 8.71. The van der Waals surface area contributed by atoms with Gasteiger partial charge in [-0.2, -0.15) is 13.2 Å². The summed E-state index contributed by atoms with van der Waals surface area (Å²) in [5, 5.41) is 5.49. The average Bonchev–Trinajstić information content (AvgIpc) is 2.90. The van der Waals surface area contributed by atoms with Crippen molar-refractivity contribution in [2.24, 2.45) is 20.7 Å². The van der Waals surface area contributed by atoms with Crippen molar-refractivity contribution in [3.05, 3.63) is 77.5 Å². The number of hydrogen-bond acceptors (Lipinski definition) is 8. The summed E-state index contributed by atoms with van der Waals surface area (Å²) in [5.41, 5.74) is 7.78. The normalized spacial score (nSPS) is 18.2. The molecule has 2 aliphatic rings. The Hall–Kier alpha value is -4.48. The van der Waals surface area contributed by atoms with Gasteiger partial charge in [0.25, 0.3) is 5.91 Å². The molecule has 12 heteroatoms. The lowest BCUT2D eigenvalue weighted by Gasteiger charge is -2.29. The Morgan fingerprint density at radius 1 is 1.16 bits per heavy atom. The molecule has 9 nitrogen and oxygen atoms in total. The highest BCUT2D eigenvalue weighted by molar-refractivity contribution is 6.41. The Labute approximate surface area is 217 Å². The number of rotatable bonds is 5. The molecule has 0 bridgehead atoms. The number of alkyl halides is 3. The van der Waals surface area contributed by atoms with Gasteiger partial charge in [-0.3, -0.25) is 9.79 Å². The smallest absolute Gasteiger partial charge is 0.383 e. The number of nitrogens with one attached hydrogen (secondary N) is 2. The molecule has 4 N–H and O–H groups in total. The topological polar surface area (TPSA) is 120 Å². The van der Waals surface area contributed by atoms with Gasteiger partial charge in [-0.1, -0.05) is 12.6 Å². The van der Waals surface area contributed by atoms with Crippen molar-refractivity contribution >= 4 is 35.3 Å². The number of anilines is 2. The van der Waals surface area contributed by atoms with E-state index in [1.807, 2.05) is 6.92 Å². The van der Waals surface area contributed by atoms with Crippen molar-refractivity contribution in [1.82, 2.24) is 9.88 Å². The molecule has 0 unspecified atom stereocenters. The van der Waals surface area contributed by atoms with Crippen LogP contribution in [-0.2, 0) is 6.18 Å². The van der Waals surface area contributed by atoms with Gasteiger partial charge in [0.15, 0.2) is 0 Å². The van der Waals surface area contributed by atoms with Crippen molar-refractivity contribution in [1.29, 1.82) is 0 Å². The fourth-order valence-electron chi connectivity index (χ4n) is 3.97. The highest BCUT2D eigenvalue weighted by Crippen LogP contribution is 2.30. The Bertz CT molecular complexity index is 1350. The Kier molecular flexibility index (Phi) is 7.89. The third kappa shape index (κ3) is 6.25. The molecular formula is C26H27F3N8O. The standard InChI is InChI=1S/C26H27F3N8O/c1-3-31-20-15-33-25(37-11-5-4-6-12-37)36-22(20)23(30)34-19-13-17(8-7-16(19)2)24(38)35-21-14-18(9-10-32-21)26(27,28)29/h3,7-10,13-15,34H,1,4-6,11-12,30H2,2H3,(H,32,35,38)/b23-22-,31-20-. The zero-order chi connectivity index (χ0) is 27.3. The van der Waals surface area contributed by atoms with Crippen LogP contribution in [0.2, 0.25) is 0 Å². The highest BCUT2D eigenvalue weighted by atomic mass is 19.4. The number of carbonyl (C=O) groups is 1. The van der Waals surface area contributed by atoms with E-state index in [2.05, 4.69) is 42.1 Å². The van der Waals surface area contributed by atoms with Gasteiger partial charge in [-0.05, 0) is 56.0 Å². The first-order chi connectivity index (χ1) is 18.2. The van der Waals surface area contributed by atoms with Crippen LogP contribution >= 0.6 is 0 Å². The molecule has 0 spiro atoms. The predicted molar refractivity (Wildman–Crippen MR) is 142 cm³/mol. The summed E-state index contributed by atoms with van der Waals surface area (Å²) in [4.78, 5) is 32.0. The first-order valence-corrected chi connectivity index (χ1v) is 11.9. The van der Waals surface area contributed by atoms with E-state index in [1.54, 1.807) is 24.4 Å². The summed E-state index contributed by atoms with van der Waals surface area (Å²) in [5.74, 6) is -0.111. The van der Waals surface area contributed by atoms with Crippen molar-refractivity contribution in [2.75, 3.05) is 23.7 Å². The average molecular weight is 525 g/mol. The number of piperidine rings is 1. The number of nitrogens with two attached hydrogens (primary N) is 1. The van der Waals surface area contributed by atoms with E-state index in [-0.39, 0.29) is 17.2 Å². The maximum atomic E-state index is 13.0. The van der Waals surface area contributed by atoms with Gasteiger partial charge in [-0.15, -0.1) is 0 Å². The van der Waals surface area contributed by atoms with Gasteiger partial charge in [0, 0.05) is 36.7 Å². The number of aliphatic imine (C=N–C) groups is 3. The van der Waals surface area contributed by atoms with Crippen molar-refractivity contribution in [3.63, 3.8) is 0 Å². The highest BCUT2D eigenvalue weighted by Gasteiger charge is 2.31. The predicted octanol–water partition coefficient (Wildman–Crippen LogP) is 4.71. The Morgan fingerprint density at radius 2 is 1.92 bits per heavy atom. The molecule has 3 heterocycles. The second-order valence-corrected chi connectivity index (χ2v) is 8.71. The number of aryl methyl sites for hydroxylation is 1. The van der Waals surface area contributed by atoms with Crippen LogP contribution in [0.5, 0.6) is 0 Å². The molecule has 1 fully saturated rings. The zero-order valence-corrected chi connectivity index (χ0v) is 20.7. The van der Waals surface area contributed by atoms with Crippen LogP contribution in [0.25, 0.3) is 0 Å². The van der Waals surface area contributed by atoms with Crippen molar-refractivity contribution < 1.29 is 18.0 Å². The quantitative estimate of drug-likeness (QED) is 0.523. The fourth-order valence-corrected chi connectivity index (χ4v) is 3.97. The van der Waals surface area contributed by atoms with E-state index >= 15 is 0 Å². The van der Waals surface area contributed by atoms with Gasteiger partial charge in [-0.25, -0.2) is 15.0 Å². The SMILES string of the molecule is C=C/N=C1/C=NC(N2CCCCC2)=N/C1=C(/N)Nc1cc(C(=O)Nc2cc(C(F)(F)F)ccn2)ccc1C. The molecule has 0 aliphatic carbocycles. The van der Waals surface area contributed by atoms with Crippen LogP contribution < -0.4 is 16.4 Å². The molecular weight excluding hydrogens is 497 g/mol. The van der Waals surface area contributed by atoms with Crippen molar-refractivity contribution in [3.8, 4) is 0 Å². The Balaban J connectivity index is 1.59. The minimum atomic E-state index is -4.55. The first kappa shape index (κ1) is 26.6. The monoisotopic (exact) mass is 524 g/mol. The molecule has 38 heavy (non-hydrogen) atoms. The number of aromatic nitrogens is 1. The van der Waals surface area contributed by atoms with Crippen LogP contribution in [0, 0.1) is 6.92 Å². The summed E-state index contributed by atoms with van der Waals surface area (Å²) < 4.78 is 39.0. The third-order valence-electron chi connectivity index (χ3n) is 5.98. The maximum Gasteiger partial charge on any atom is 0.416 e. The first-order valence-electron chi connectivity index (χ1n) is 11.9. The molecule has 2 aromatic rings. The molecule has 198 valence electrons. The number of allylic oxidation sites excluding steroid dienone is 1. The third-order valence-corrected chi connectivity index (χ3v) is 5.98. The number of likely N-dealkylation sites (tertiary alicyclic amines) is 1. The number of hydrogen-bond donors (Lipinski definition) is 3. The fraction of sp³-hybridized carbons (Fsp3) is 0.269. The number of halogens is 3. The molecule has 4 rings (SSSR count). The number of nitrogens with zero attached hydrogens (tertiary/aromatic N) is 5. The largest absolute Gasteiger partial charge is 0.416 e.